The molecule has 0 atom stereocenters. The van der Waals surface area contributed by atoms with E-state index in [0.717, 1.165) is 16.6 Å². The summed E-state index contributed by atoms with van der Waals surface area (Å²) < 4.78 is 26.6. The summed E-state index contributed by atoms with van der Waals surface area (Å²) in [6.45, 7) is 0. The van der Waals surface area contributed by atoms with Gasteiger partial charge in [0.1, 0.15) is 0 Å². The number of carbonyl (C=O) groups excluding carboxylic acids is 1. The highest BCUT2D eigenvalue weighted by atomic mass is 79.9. The van der Waals surface area contributed by atoms with Gasteiger partial charge in [0, 0.05) is 22.1 Å². The second-order valence-corrected chi connectivity index (χ2v) is 5.00. The molecule has 0 heterocycles. The van der Waals surface area contributed by atoms with Crippen LogP contribution < -0.4 is 5.73 Å². The Kier molecular flexibility index (Phi) is 3.95. The third-order valence-electron chi connectivity index (χ3n) is 2.66. The Morgan fingerprint density at radius 3 is 2.53 bits per heavy atom. The van der Waals surface area contributed by atoms with E-state index in [-0.39, 0.29) is 12.2 Å². The van der Waals surface area contributed by atoms with Gasteiger partial charge in [0.05, 0.1) is 0 Å². The SMILES string of the molecule is Nc1ccc(Br)cc1C(=O)Cc1ccc(F)c(F)c1. The number of benzene rings is 2. The number of hydrogen-bond acceptors (Lipinski definition) is 2. The fourth-order valence-electron chi connectivity index (χ4n) is 1.70. The van der Waals surface area contributed by atoms with Crippen LogP contribution in [0, 0.1) is 11.6 Å². The minimum absolute atomic E-state index is 0.0299. The number of carbonyl (C=O) groups is 1. The van der Waals surface area contributed by atoms with Crippen LogP contribution in [0.4, 0.5) is 14.5 Å². The highest BCUT2D eigenvalue weighted by Gasteiger charge is 2.12. The van der Waals surface area contributed by atoms with Crippen LogP contribution in [0.5, 0.6) is 0 Å². The van der Waals surface area contributed by atoms with Crippen LogP contribution in [0.3, 0.4) is 0 Å². The molecule has 0 aliphatic rings. The van der Waals surface area contributed by atoms with Crippen molar-refractivity contribution in [2.45, 2.75) is 6.42 Å². The van der Waals surface area contributed by atoms with Gasteiger partial charge >= 0.3 is 0 Å². The van der Waals surface area contributed by atoms with E-state index in [0.29, 0.717) is 16.8 Å². The maximum atomic E-state index is 13.1. The number of anilines is 1. The van der Waals surface area contributed by atoms with E-state index in [1.54, 1.807) is 18.2 Å². The largest absolute Gasteiger partial charge is 0.398 e. The Hall–Kier alpha value is -1.75. The molecule has 2 aromatic rings. The minimum atomic E-state index is -0.965. The second kappa shape index (κ2) is 5.48. The molecule has 0 aliphatic heterocycles. The van der Waals surface area contributed by atoms with Crippen LogP contribution in [0.2, 0.25) is 0 Å². The Morgan fingerprint density at radius 2 is 1.84 bits per heavy atom. The smallest absolute Gasteiger partial charge is 0.169 e. The van der Waals surface area contributed by atoms with Gasteiger partial charge in [0.25, 0.3) is 0 Å². The highest BCUT2D eigenvalue weighted by molar-refractivity contribution is 9.10. The maximum Gasteiger partial charge on any atom is 0.169 e. The molecule has 2 nitrogen and oxygen atoms in total. The third-order valence-corrected chi connectivity index (χ3v) is 3.16. The molecule has 0 saturated heterocycles. The Morgan fingerprint density at radius 1 is 1.11 bits per heavy atom. The molecule has 0 amide bonds. The average Bonchev–Trinajstić information content (AvgIpc) is 2.36. The summed E-state index contributed by atoms with van der Waals surface area (Å²) in [6.07, 6.45) is -0.0299. The van der Waals surface area contributed by atoms with Crippen LogP contribution in [0.25, 0.3) is 0 Å². The molecule has 0 radical (unpaired) electrons. The lowest BCUT2D eigenvalue weighted by Gasteiger charge is -2.06. The number of ketones is 1. The molecule has 2 rings (SSSR count). The van der Waals surface area contributed by atoms with Crippen LogP contribution in [0.15, 0.2) is 40.9 Å². The first-order valence-electron chi connectivity index (χ1n) is 5.49. The zero-order chi connectivity index (χ0) is 14.0. The lowest BCUT2D eigenvalue weighted by molar-refractivity contribution is 0.0993. The summed E-state index contributed by atoms with van der Waals surface area (Å²) in [7, 11) is 0. The number of rotatable bonds is 3. The molecule has 0 bridgehead atoms. The molecular formula is C14H10BrF2NO. The monoisotopic (exact) mass is 325 g/mol. The Balaban J connectivity index is 2.25. The fourth-order valence-corrected chi connectivity index (χ4v) is 2.06. The predicted octanol–water partition coefficient (Wildman–Crippen LogP) is 3.73. The van der Waals surface area contributed by atoms with Crippen molar-refractivity contribution in [3.63, 3.8) is 0 Å². The predicted molar refractivity (Wildman–Crippen MR) is 72.9 cm³/mol. The molecule has 0 aromatic heterocycles. The van der Waals surface area contributed by atoms with E-state index in [4.69, 9.17) is 5.73 Å². The first-order valence-corrected chi connectivity index (χ1v) is 6.29. The van der Waals surface area contributed by atoms with E-state index in [9.17, 15) is 13.6 Å². The molecule has 5 heteroatoms. The van der Waals surface area contributed by atoms with Crippen molar-refractivity contribution >= 4 is 27.4 Å². The van der Waals surface area contributed by atoms with Crippen LogP contribution in [0.1, 0.15) is 15.9 Å². The lowest BCUT2D eigenvalue weighted by atomic mass is 10.0. The zero-order valence-electron chi connectivity index (χ0n) is 9.79. The first-order chi connectivity index (χ1) is 8.97. The van der Waals surface area contributed by atoms with Gasteiger partial charge < -0.3 is 5.73 Å². The number of nitrogen functional groups attached to an aromatic ring is 1. The molecule has 2 N–H and O–H groups in total. The van der Waals surface area contributed by atoms with E-state index < -0.39 is 11.6 Å². The minimum Gasteiger partial charge on any atom is -0.398 e. The lowest BCUT2D eigenvalue weighted by Crippen LogP contribution is -2.07. The summed E-state index contributed by atoms with van der Waals surface area (Å²) in [5, 5.41) is 0. The summed E-state index contributed by atoms with van der Waals surface area (Å²) in [4.78, 5) is 12.1. The molecule has 19 heavy (non-hydrogen) atoms. The average molecular weight is 326 g/mol. The molecular weight excluding hydrogens is 316 g/mol. The van der Waals surface area contributed by atoms with Crippen molar-refractivity contribution in [2.75, 3.05) is 5.73 Å². The number of hydrogen-bond donors (Lipinski definition) is 1. The van der Waals surface area contributed by atoms with Crippen molar-refractivity contribution in [1.29, 1.82) is 0 Å². The number of Topliss-reactive ketones (excluding diaryl/α,β-unsaturated/α-hetero) is 1. The van der Waals surface area contributed by atoms with Crippen molar-refractivity contribution in [3.05, 3.63) is 63.6 Å². The summed E-state index contributed by atoms with van der Waals surface area (Å²) in [5.41, 5.74) is 6.85. The Bertz CT molecular complexity index is 643. The zero-order valence-corrected chi connectivity index (χ0v) is 11.4. The summed E-state index contributed by atoms with van der Waals surface area (Å²) in [6, 6.07) is 8.35. The van der Waals surface area contributed by atoms with Crippen molar-refractivity contribution in [2.24, 2.45) is 0 Å². The molecule has 0 fully saturated rings. The van der Waals surface area contributed by atoms with Gasteiger partial charge in [-0.2, -0.15) is 0 Å². The van der Waals surface area contributed by atoms with Crippen LogP contribution >= 0.6 is 15.9 Å². The van der Waals surface area contributed by atoms with E-state index in [1.807, 2.05) is 0 Å². The standard InChI is InChI=1S/C14H10BrF2NO/c15-9-2-4-13(18)10(7-9)14(19)6-8-1-3-11(16)12(17)5-8/h1-5,7H,6,18H2. The normalized spacial score (nSPS) is 10.5. The van der Waals surface area contributed by atoms with Gasteiger partial charge in [-0.1, -0.05) is 22.0 Å². The van der Waals surface area contributed by atoms with Gasteiger partial charge in [-0.25, -0.2) is 8.78 Å². The van der Waals surface area contributed by atoms with Crippen LogP contribution in [-0.4, -0.2) is 5.78 Å². The molecule has 0 aliphatic carbocycles. The van der Waals surface area contributed by atoms with Gasteiger partial charge in [0.2, 0.25) is 0 Å². The van der Waals surface area contributed by atoms with E-state index in [1.165, 1.54) is 6.07 Å². The maximum absolute atomic E-state index is 13.1. The van der Waals surface area contributed by atoms with Crippen LogP contribution in [-0.2, 0) is 6.42 Å². The van der Waals surface area contributed by atoms with E-state index >= 15 is 0 Å². The molecule has 2 aromatic carbocycles. The van der Waals surface area contributed by atoms with Gasteiger partial charge in [-0.15, -0.1) is 0 Å². The van der Waals surface area contributed by atoms with E-state index in [2.05, 4.69) is 15.9 Å². The third kappa shape index (κ3) is 3.17. The molecule has 0 unspecified atom stereocenters. The van der Waals surface area contributed by atoms with Crippen molar-refractivity contribution in [3.8, 4) is 0 Å². The van der Waals surface area contributed by atoms with Gasteiger partial charge in [0.15, 0.2) is 17.4 Å². The molecule has 0 spiro atoms. The van der Waals surface area contributed by atoms with Crippen molar-refractivity contribution < 1.29 is 13.6 Å². The fraction of sp³-hybridized carbons (Fsp3) is 0.0714. The molecule has 98 valence electrons. The van der Waals surface area contributed by atoms with Crippen molar-refractivity contribution in [1.82, 2.24) is 0 Å². The highest BCUT2D eigenvalue weighted by Crippen LogP contribution is 2.20. The quantitative estimate of drug-likeness (QED) is 0.690. The molecule has 0 saturated carbocycles. The first kappa shape index (κ1) is 13.7. The summed E-state index contributed by atoms with van der Waals surface area (Å²) in [5.74, 6) is -2.14. The number of halogens is 3. The topological polar surface area (TPSA) is 43.1 Å². The second-order valence-electron chi connectivity index (χ2n) is 4.08. The summed E-state index contributed by atoms with van der Waals surface area (Å²) >= 11 is 3.25. The van der Waals surface area contributed by atoms with Gasteiger partial charge in [-0.3, -0.25) is 4.79 Å². The Labute approximate surface area is 117 Å². The number of nitrogens with two attached hydrogens (primary N) is 1. The van der Waals surface area contributed by atoms with Gasteiger partial charge in [-0.05, 0) is 35.9 Å².